The van der Waals surface area contributed by atoms with Crippen LogP contribution >= 0.6 is 0 Å². The van der Waals surface area contributed by atoms with E-state index < -0.39 is 0 Å². The van der Waals surface area contributed by atoms with Gasteiger partial charge in [-0.1, -0.05) is 0 Å². The quantitative estimate of drug-likeness (QED) is 0.372. The minimum absolute atomic E-state index is 0.359. The van der Waals surface area contributed by atoms with E-state index in [0.29, 0.717) is 18.5 Å². The molecule has 1 heterocycles. The van der Waals surface area contributed by atoms with Gasteiger partial charge >= 0.3 is 0 Å². The lowest BCUT2D eigenvalue weighted by Crippen LogP contribution is -2.23. The number of hydrogen-bond donors (Lipinski definition) is 1. The molecule has 0 aromatic carbocycles. The highest BCUT2D eigenvalue weighted by atomic mass is 16.1. The Morgan fingerprint density at radius 2 is 2.56 bits per heavy atom. The zero-order valence-electron chi connectivity index (χ0n) is 4.89. The van der Waals surface area contributed by atoms with Gasteiger partial charge in [0.05, 0.1) is 6.04 Å². The molecule has 3 nitrogen and oxygen atoms in total. The number of aldehydes is 1. The van der Waals surface area contributed by atoms with Gasteiger partial charge in [0.25, 0.3) is 0 Å². The minimum atomic E-state index is -0.359. The zero-order valence-corrected chi connectivity index (χ0v) is 4.89. The van der Waals surface area contributed by atoms with E-state index in [2.05, 4.69) is 5.32 Å². The topological polar surface area (TPSA) is 46.2 Å². The maximum atomic E-state index is 10.1. The maximum Gasteiger partial charge on any atom is 0.141 e. The first-order valence-corrected chi connectivity index (χ1v) is 2.81. The fraction of sp³-hybridized carbons (Fsp3) is 0.500. The van der Waals surface area contributed by atoms with Crippen molar-refractivity contribution in [3.05, 3.63) is 5.57 Å². The molecule has 0 unspecified atom stereocenters. The van der Waals surface area contributed by atoms with E-state index in [9.17, 15) is 9.59 Å². The highest BCUT2D eigenvalue weighted by molar-refractivity contribution is 5.72. The zero-order chi connectivity index (χ0) is 6.69. The lowest BCUT2D eigenvalue weighted by Gasteiger charge is -1.95. The highest BCUT2D eigenvalue weighted by Crippen LogP contribution is 2.07. The summed E-state index contributed by atoms with van der Waals surface area (Å²) in [5.41, 5.74) is 0.546. The molecule has 0 aromatic heterocycles. The number of carbonyl (C=O) groups excluding carboxylic acids is 2. The van der Waals surface area contributed by atoms with Crippen molar-refractivity contribution in [2.24, 2.45) is 0 Å². The van der Waals surface area contributed by atoms with Crippen LogP contribution in [0.5, 0.6) is 0 Å². The third-order valence-electron chi connectivity index (χ3n) is 1.40. The average molecular weight is 125 g/mol. The van der Waals surface area contributed by atoms with Crippen molar-refractivity contribution in [3.8, 4) is 0 Å². The summed E-state index contributed by atoms with van der Waals surface area (Å²) in [5.74, 6) is 1.74. The van der Waals surface area contributed by atoms with Gasteiger partial charge in [0, 0.05) is 12.1 Å². The lowest BCUT2D eigenvalue weighted by molar-refractivity contribution is -0.108. The monoisotopic (exact) mass is 125 g/mol. The standard InChI is InChI=1S/C6H7NO2/c8-3-5-1-2-7-6(5)4-9/h4,6-7H,1-2H2/t6-/m0/s1. The Hall–Kier alpha value is -0.920. The summed E-state index contributed by atoms with van der Waals surface area (Å²) in [7, 11) is 0. The molecule has 1 fully saturated rings. The van der Waals surface area contributed by atoms with Gasteiger partial charge in [-0.15, -0.1) is 0 Å². The predicted molar refractivity (Wildman–Crippen MR) is 31.7 cm³/mol. The van der Waals surface area contributed by atoms with Crippen molar-refractivity contribution in [1.29, 1.82) is 0 Å². The molecule has 1 aliphatic rings. The largest absolute Gasteiger partial charge is 0.303 e. The third-order valence-corrected chi connectivity index (χ3v) is 1.40. The molecule has 0 amide bonds. The van der Waals surface area contributed by atoms with Gasteiger partial charge in [-0.3, -0.25) is 0 Å². The molecule has 48 valence electrons. The van der Waals surface area contributed by atoms with Crippen LogP contribution in [-0.4, -0.2) is 24.8 Å². The van der Waals surface area contributed by atoms with Crippen LogP contribution in [0, 0.1) is 0 Å². The van der Waals surface area contributed by atoms with Crippen molar-refractivity contribution >= 4 is 12.2 Å². The van der Waals surface area contributed by atoms with Crippen LogP contribution in [-0.2, 0) is 9.59 Å². The van der Waals surface area contributed by atoms with E-state index in [-0.39, 0.29) is 6.04 Å². The van der Waals surface area contributed by atoms with Crippen LogP contribution in [0.3, 0.4) is 0 Å². The Morgan fingerprint density at radius 1 is 1.78 bits per heavy atom. The van der Waals surface area contributed by atoms with Crippen molar-refractivity contribution in [3.63, 3.8) is 0 Å². The Balaban J connectivity index is 2.73. The van der Waals surface area contributed by atoms with Gasteiger partial charge in [0.15, 0.2) is 0 Å². The Kier molecular flexibility index (Phi) is 1.78. The van der Waals surface area contributed by atoms with Crippen LogP contribution < -0.4 is 5.32 Å². The van der Waals surface area contributed by atoms with Crippen LogP contribution in [0.4, 0.5) is 0 Å². The summed E-state index contributed by atoms with van der Waals surface area (Å²) in [5, 5.41) is 2.84. The molecule has 0 spiro atoms. The van der Waals surface area contributed by atoms with Gasteiger partial charge in [0.1, 0.15) is 12.2 Å². The van der Waals surface area contributed by atoms with Gasteiger partial charge in [0.2, 0.25) is 0 Å². The van der Waals surface area contributed by atoms with Gasteiger partial charge < -0.3 is 10.1 Å². The van der Waals surface area contributed by atoms with Gasteiger partial charge in [-0.2, -0.15) is 0 Å². The fourth-order valence-electron chi connectivity index (χ4n) is 0.886. The number of carbonyl (C=O) groups is 1. The molecule has 9 heavy (non-hydrogen) atoms. The molecule has 0 saturated carbocycles. The molecule has 1 saturated heterocycles. The van der Waals surface area contributed by atoms with E-state index in [1.807, 2.05) is 0 Å². The first kappa shape index (κ1) is 6.20. The summed E-state index contributed by atoms with van der Waals surface area (Å²) >= 11 is 0. The molecular weight excluding hydrogens is 118 g/mol. The number of hydrogen-bond acceptors (Lipinski definition) is 3. The molecular formula is C6H7NO2. The predicted octanol–water partition coefficient (Wildman–Crippen LogP) is -0.695. The van der Waals surface area contributed by atoms with Crippen molar-refractivity contribution in [1.82, 2.24) is 5.32 Å². The van der Waals surface area contributed by atoms with Gasteiger partial charge in [-0.25, -0.2) is 4.79 Å². The van der Waals surface area contributed by atoms with Crippen LogP contribution in [0.15, 0.2) is 5.57 Å². The third kappa shape index (κ3) is 1.07. The first-order valence-electron chi connectivity index (χ1n) is 2.81. The highest BCUT2D eigenvalue weighted by Gasteiger charge is 2.19. The molecule has 0 aromatic rings. The minimum Gasteiger partial charge on any atom is -0.303 e. The molecule has 1 aliphatic heterocycles. The summed E-state index contributed by atoms with van der Waals surface area (Å²) < 4.78 is 0. The molecule has 3 heteroatoms. The molecule has 0 aliphatic carbocycles. The van der Waals surface area contributed by atoms with Crippen LogP contribution in [0.2, 0.25) is 0 Å². The summed E-state index contributed by atoms with van der Waals surface area (Å²) in [6, 6.07) is -0.359. The lowest BCUT2D eigenvalue weighted by atomic mass is 10.1. The second-order valence-electron chi connectivity index (χ2n) is 1.95. The average Bonchev–Trinajstić information content (AvgIpc) is 2.33. The van der Waals surface area contributed by atoms with Crippen LogP contribution in [0.25, 0.3) is 0 Å². The second kappa shape index (κ2) is 2.58. The Bertz CT molecular complexity index is 170. The summed E-state index contributed by atoms with van der Waals surface area (Å²) in [6.45, 7) is 0.716. The second-order valence-corrected chi connectivity index (χ2v) is 1.95. The maximum absolute atomic E-state index is 10.1. The van der Waals surface area contributed by atoms with E-state index in [1.165, 1.54) is 0 Å². The van der Waals surface area contributed by atoms with Crippen molar-refractivity contribution in [2.45, 2.75) is 12.5 Å². The molecule has 1 rings (SSSR count). The fourth-order valence-corrected chi connectivity index (χ4v) is 0.886. The smallest absolute Gasteiger partial charge is 0.141 e. The van der Waals surface area contributed by atoms with Crippen LogP contribution in [0.1, 0.15) is 6.42 Å². The Morgan fingerprint density at radius 3 is 3.00 bits per heavy atom. The molecule has 0 bridgehead atoms. The molecule has 1 N–H and O–H groups in total. The van der Waals surface area contributed by atoms with Crippen molar-refractivity contribution in [2.75, 3.05) is 6.54 Å². The summed E-state index contributed by atoms with van der Waals surface area (Å²) in [6.07, 6.45) is 1.39. The first-order chi connectivity index (χ1) is 4.38. The van der Waals surface area contributed by atoms with E-state index in [0.717, 1.165) is 6.29 Å². The normalized spacial score (nSPS) is 25.8. The van der Waals surface area contributed by atoms with E-state index in [4.69, 9.17) is 0 Å². The van der Waals surface area contributed by atoms with E-state index in [1.54, 1.807) is 5.94 Å². The number of rotatable bonds is 1. The SMILES string of the molecule is O=C=C1CCN[C@H]1C=O. The number of nitrogens with one attached hydrogen (secondary N) is 1. The van der Waals surface area contributed by atoms with Gasteiger partial charge in [-0.05, 0) is 6.42 Å². The molecule has 1 atom stereocenters. The Labute approximate surface area is 52.7 Å². The molecule has 0 radical (unpaired) electrons. The van der Waals surface area contributed by atoms with Crippen molar-refractivity contribution < 1.29 is 9.59 Å². The van der Waals surface area contributed by atoms with E-state index >= 15 is 0 Å². The summed E-state index contributed by atoms with van der Waals surface area (Å²) in [4.78, 5) is 20.1.